The van der Waals surface area contributed by atoms with E-state index >= 15 is 0 Å². The van der Waals surface area contributed by atoms with Crippen molar-refractivity contribution in [2.24, 2.45) is 5.92 Å². The molecule has 0 saturated heterocycles. The lowest BCUT2D eigenvalue weighted by Gasteiger charge is -2.09. The highest BCUT2D eigenvalue weighted by molar-refractivity contribution is 5.98. The number of halogens is 3. The molecule has 6 heteroatoms. The van der Waals surface area contributed by atoms with E-state index in [1.165, 1.54) is 12.1 Å². The average Bonchev–Trinajstić information content (AvgIpc) is 2.35. The third-order valence-corrected chi connectivity index (χ3v) is 2.75. The summed E-state index contributed by atoms with van der Waals surface area (Å²) < 4.78 is 37.0. The molecular formula is C14H16F3NO2. The number of hydrogen-bond donors (Lipinski definition) is 1. The van der Waals surface area contributed by atoms with Gasteiger partial charge in [0.2, 0.25) is 5.91 Å². The lowest BCUT2D eigenvalue weighted by molar-refractivity contribution is -0.137. The van der Waals surface area contributed by atoms with Gasteiger partial charge in [-0.1, -0.05) is 26.0 Å². The number of amides is 1. The van der Waals surface area contributed by atoms with Crippen LogP contribution in [0.5, 0.6) is 0 Å². The molecule has 1 rings (SSSR count). The molecule has 110 valence electrons. The van der Waals surface area contributed by atoms with Gasteiger partial charge in [-0.25, -0.2) is 0 Å². The number of benzene rings is 1. The Bertz CT molecular complexity index is 478. The zero-order chi connectivity index (χ0) is 15.3. The van der Waals surface area contributed by atoms with Crippen LogP contribution in [-0.2, 0) is 22.3 Å². The average molecular weight is 287 g/mol. The zero-order valence-corrected chi connectivity index (χ0v) is 11.3. The molecule has 0 unspecified atom stereocenters. The highest BCUT2D eigenvalue weighted by atomic mass is 19.4. The van der Waals surface area contributed by atoms with Crippen LogP contribution in [-0.4, -0.2) is 11.7 Å². The number of carbonyl (C=O) groups excluding carboxylic acids is 2. The molecule has 0 spiro atoms. The first-order chi connectivity index (χ1) is 9.20. The maximum absolute atomic E-state index is 12.3. The van der Waals surface area contributed by atoms with E-state index in [4.69, 9.17) is 0 Å². The Morgan fingerprint density at radius 1 is 1.15 bits per heavy atom. The minimum absolute atomic E-state index is 0.0995. The summed E-state index contributed by atoms with van der Waals surface area (Å²) in [4.78, 5) is 22.8. The Labute approximate surface area is 115 Å². The summed E-state index contributed by atoms with van der Waals surface area (Å²) in [5.74, 6) is -0.815. The first-order valence-electron chi connectivity index (χ1n) is 6.15. The third-order valence-electron chi connectivity index (χ3n) is 2.75. The molecule has 0 atom stereocenters. The third kappa shape index (κ3) is 5.03. The number of hydrogen-bond acceptors (Lipinski definition) is 2. The van der Waals surface area contributed by atoms with E-state index in [9.17, 15) is 22.8 Å². The van der Waals surface area contributed by atoms with Crippen molar-refractivity contribution in [1.29, 1.82) is 0 Å². The topological polar surface area (TPSA) is 46.2 Å². The van der Waals surface area contributed by atoms with Crippen LogP contribution >= 0.6 is 0 Å². The number of Topliss-reactive ketones (excluding diaryl/α,β-unsaturated/α-hetero) is 1. The van der Waals surface area contributed by atoms with E-state index in [-0.39, 0.29) is 24.7 Å². The van der Waals surface area contributed by atoms with Crippen molar-refractivity contribution < 1.29 is 22.8 Å². The van der Waals surface area contributed by atoms with E-state index in [2.05, 4.69) is 5.32 Å². The summed E-state index contributed by atoms with van der Waals surface area (Å²) in [5, 5.41) is 2.50. The van der Waals surface area contributed by atoms with Gasteiger partial charge in [-0.2, -0.15) is 13.2 Å². The van der Waals surface area contributed by atoms with Gasteiger partial charge in [0.15, 0.2) is 0 Å². The van der Waals surface area contributed by atoms with Crippen LogP contribution in [0.1, 0.15) is 31.4 Å². The lowest BCUT2D eigenvalue weighted by Crippen LogP contribution is -2.26. The molecule has 0 aliphatic heterocycles. The molecule has 3 nitrogen and oxygen atoms in total. The van der Waals surface area contributed by atoms with Crippen LogP contribution in [0, 0.1) is 5.92 Å². The van der Waals surface area contributed by atoms with Gasteiger partial charge in [0, 0.05) is 12.5 Å². The normalized spacial score (nSPS) is 11.5. The Balaban J connectivity index is 2.50. The monoisotopic (exact) mass is 287 g/mol. The number of ketones is 1. The summed E-state index contributed by atoms with van der Waals surface area (Å²) in [7, 11) is 0. The first-order valence-corrected chi connectivity index (χ1v) is 6.15. The highest BCUT2D eigenvalue weighted by Gasteiger charge is 2.29. The number of alkyl halides is 3. The summed E-state index contributed by atoms with van der Waals surface area (Å²) in [5.41, 5.74) is -0.189. The Hall–Kier alpha value is -1.85. The van der Waals surface area contributed by atoms with Crippen LogP contribution in [0.3, 0.4) is 0 Å². The standard InChI is InChI=1S/C14H16F3NO2/c1-9(2)12(19)7-13(20)18-8-10-3-5-11(6-4-10)14(15,16)17/h3-6,9H,7-8H2,1-2H3,(H,18,20). The Morgan fingerprint density at radius 3 is 2.15 bits per heavy atom. The molecule has 0 saturated carbocycles. The SMILES string of the molecule is CC(C)C(=O)CC(=O)NCc1ccc(C(F)(F)F)cc1. The van der Waals surface area contributed by atoms with Gasteiger partial charge in [-0.3, -0.25) is 9.59 Å². The first kappa shape index (κ1) is 16.2. The van der Waals surface area contributed by atoms with Crippen molar-refractivity contribution in [3.05, 3.63) is 35.4 Å². The maximum Gasteiger partial charge on any atom is 0.416 e. The molecule has 1 amide bonds. The largest absolute Gasteiger partial charge is 0.416 e. The molecule has 0 heterocycles. The zero-order valence-electron chi connectivity index (χ0n) is 11.3. The van der Waals surface area contributed by atoms with Gasteiger partial charge in [-0.15, -0.1) is 0 Å². The molecule has 1 aromatic rings. The molecule has 0 aliphatic rings. The maximum atomic E-state index is 12.3. The van der Waals surface area contributed by atoms with Gasteiger partial charge in [-0.05, 0) is 17.7 Å². The van der Waals surface area contributed by atoms with Crippen molar-refractivity contribution in [3.8, 4) is 0 Å². The summed E-state index contributed by atoms with van der Waals surface area (Å²) >= 11 is 0. The molecule has 0 aliphatic carbocycles. The van der Waals surface area contributed by atoms with Crippen LogP contribution in [0.15, 0.2) is 24.3 Å². The molecule has 0 bridgehead atoms. The predicted molar refractivity (Wildman–Crippen MR) is 67.8 cm³/mol. The molecule has 0 radical (unpaired) electrons. The van der Waals surface area contributed by atoms with Crippen LogP contribution < -0.4 is 5.32 Å². The second-order valence-corrected chi connectivity index (χ2v) is 4.77. The number of nitrogens with one attached hydrogen (secondary N) is 1. The predicted octanol–water partition coefficient (Wildman–Crippen LogP) is 2.94. The van der Waals surface area contributed by atoms with Crippen molar-refractivity contribution in [3.63, 3.8) is 0 Å². The van der Waals surface area contributed by atoms with Gasteiger partial charge < -0.3 is 5.32 Å². The molecule has 1 aromatic carbocycles. The van der Waals surface area contributed by atoms with Crippen LogP contribution in [0.4, 0.5) is 13.2 Å². The fraction of sp³-hybridized carbons (Fsp3) is 0.429. The summed E-state index contributed by atoms with van der Waals surface area (Å²) in [6.45, 7) is 3.50. The van der Waals surface area contributed by atoms with Gasteiger partial charge in [0.25, 0.3) is 0 Å². The van der Waals surface area contributed by atoms with Crippen LogP contribution in [0.2, 0.25) is 0 Å². The molecule has 0 aromatic heterocycles. The van der Waals surface area contributed by atoms with Gasteiger partial charge in [0.05, 0.1) is 12.0 Å². The summed E-state index contributed by atoms with van der Waals surface area (Å²) in [6.07, 6.45) is -4.58. The summed E-state index contributed by atoms with van der Waals surface area (Å²) in [6, 6.07) is 4.52. The molecular weight excluding hydrogens is 271 g/mol. The quantitative estimate of drug-likeness (QED) is 0.846. The minimum atomic E-state index is -4.37. The molecule has 1 N–H and O–H groups in total. The molecule has 0 fully saturated rings. The van der Waals surface area contributed by atoms with E-state index < -0.39 is 17.6 Å². The van der Waals surface area contributed by atoms with E-state index in [0.717, 1.165) is 12.1 Å². The minimum Gasteiger partial charge on any atom is -0.352 e. The van der Waals surface area contributed by atoms with E-state index in [1.54, 1.807) is 13.8 Å². The highest BCUT2D eigenvalue weighted by Crippen LogP contribution is 2.28. The van der Waals surface area contributed by atoms with Crippen molar-refractivity contribution in [2.45, 2.75) is 33.0 Å². The Kier molecular flexibility index (Phi) is 5.30. The van der Waals surface area contributed by atoms with Gasteiger partial charge in [0.1, 0.15) is 5.78 Å². The second-order valence-electron chi connectivity index (χ2n) is 4.77. The fourth-order valence-electron chi connectivity index (χ4n) is 1.44. The van der Waals surface area contributed by atoms with Crippen molar-refractivity contribution in [2.75, 3.05) is 0 Å². The fourth-order valence-corrected chi connectivity index (χ4v) is 1.44. The second kappa shape index (κ2) is 6.54. The smallest absolute Gasteiger partial charge is 0.352 e. The lowest BCUT2D eigenvalue weighted by atomic mass is 10.1. The van der Waals surface area contributed by atoms with Crippen molar-refractivity contribution >= 4 is 11.7 Å². The van der Waals surface area contributed by atoms with E-state index in [0.29, 0.717) is 5.56 Å². The number of carbonyl (C=O) groups is 2. The van der Waals surface area contributed by atoms with Crippen molar-refractivity contribution in [1.82, 2.24) is 5.32 Å². The Morgan fingerprint density at radius 2 is 1.70 bits per heavy atom. The number of rotatable bonds is 5. The van der Waals surface area contributed by atoms with Gasteiger partial charge >= 0.3 is 6.18 Å². The molecule has 20 heavy (non-hydrogen) atoms. The van der Waals surface area contributed by atoms with E-state index in [1.807, 2.05) is 0 Å². The van der Waals surface area contributed by atoms with Crippen LogP contribution in [0.25, 0.3) is 0 Å².